The molecule has 0 aromatic heterocycles. The summed E-state index contributed by atoms with van der Waals surface area (Å²) in [6, 6.07) is 16.5. The highest BCUT2D eigenvalue weighted by Crippen LogP contribution is 2.37. The quantitative estimate of drug-likeness (QED) is 0.482. The second-order valence-corrected chi connectivity index (χ2v) is 10.9. The van der Waals surface area contributed by atoms with Crippen LogP contribution < -0.4 is 5.32 Å². The van der Waals surface area contributed by atoms with Crippen molar-refractivity contribution in [2.75, 3.05) is 26.2 Å². The normalized spacial score (nSPS) is 20.9. The van der Waals surface area contributed by atoms with Crippen molar-refractivity contribution in [1.82, 2.24) is 10.2 Å². The van der Waals surface area contributed by atoms with Crippen LogP contribution >= 0.6 is 24.8 Å². The van der Waals surface area contributed by atoms with Gasteiger partial charge in [0.1, 0.15) is 6.29 Å². The molecule has 0 radical (unpaired) electrons. The minimum Gasteiger partial charge on any atom is -0.316 e. The highest BCUT2D eigenvalue weighted by molar-refractivity contribution is 5.85. The second kappa shape index (κ2) is 13.1. The molecule has 0 amide bonds. The summed E-state index contributed by atoms with van der Waals surface area (Å²) < 4.78 is 0. The van der Waals surface area contributed by atoms with Gasteiger partial charge in [0.25, 0.3) is 0 Å². The van der Waals surface area contributed by atoms with Gasteiger partial charge < -0.3 is 10.1 Å². The SMILES string of the molecule is CC(C)(C)c1ccc(CN2CCC(CCC=O)C(c3ccc4c(c3)CCNCC4)C2)cc1.Cl.Cl. The topological polar surface area (TPSA) is 32.3 Å². The maximum Gasteiger partial charge on any atom is 0.120 e. The lowest BCUT2D eigenvalue weighted by atomic mass is 9.77. The molecule has 34 heavy (non-hydrogen) atoms. The highest BCUT2D eigenvalue weighted by Gasteiger charge is 2.30. The van der Waals surface area contributed by atoms with Crippen molar-refractivity contribution >= 4 is 31.1 Å². The molecule has 2 aliphatic heterocycles. The fourth-order valence-electron chi connectivity index (χ4n) is 5.51. The molecule has 2 unspecified atom stereocenters. The van der Waals surface area contributed by atoms with E-state index in [4.69, 9.17) is 0 Å². The van der Waals surface area contributed by atoms with Gasteiger partial charge in [-0.15, -0.1) is 24.8 Å². The molecule has 2 atom stereocenters. The molecule has 2 aliphatic rings. The molecular formula is C29H42Cl2N2O. The lowest BCUT2D eigenvalue weighted by Gasteiger charge is -2.39. The lowest BCUT2D eigenvalue weighted by molar-refractivity contribution is -0.108. The number of nitrogens with zero attached hydrogens (tertiary/aromatic N) is 1. The third-order valence-electron chi connectivity index (χ3n) is 7.52. The second-order valence-electron chi connectivity index (χ2n) is 10.9. The Kier molecular flexibility index (Phi) is 11.1. The Morgan fingerprint density at radius 3 is 2.38 bits per heavy atom. The van der Waals surface area contributed by atoms with E-state index in [1.54, 1.807) is 0 Å². The van der Waals surface area contributed by atoms with Gasteiger partial charge >= 0.3 is 0 Å². The summed E-state index contributed by atoms with van der Waals surface area (Å²) in [6.45, 7) is 12.2. The Bertz CT molecular complexity index is 907. The molecule has 0 saturated carbocycles. The molecule has 1 N–H and O–H groups in total. The summed E-state index contributed by atoms with van der Waals surface area (Å²) in [5, 5.41) is 3.53. The van der Waals surface area contributed by atoms with Gasteiger partial charge in [-0.1, -0.05) is 63.2 Å². The molecule has 1 saturated heterocycles. The molecule has 5 heteroatoms. The largest absolute Gasteiger partial charge is 0.316 e. The Labute approximate surface area is 218 Å². The van der Waals surface area contributed by atoms with E-state index >= 15 is 0 Å². The lowest BCUT2D eigenvalue weighted by Crippen LogP contribution is -2.39. The van der Waals surface area contributed by atoms with E-state index in [9.17, 15) is 4.79 Å². The maximum absolute atomic E-state index is 11.1. The van der Waals surface area contributed by atoms with E-state index in [-0.39, 0.29) is 30.2 Å². The number of carbonyl (C=O) groups is 1. The van der Waals surface area contributed by atoms with E-state index in [1.165, 1.54) is 34.2 Å². The Morgan fingerprint density at radius 1 is 1.00 bits per heavy atom. The Hall–Kier alpha value is -1.39. The smallest absolute Gasteiger partial charge is 0.120 e. The van der Waals surface area contributed by atoms with Crippen LogP contribution in [0, 0.1) is 5.92 Å². The number of halogens is 2. The summed E-state index contributed by atoms with van der Waals surface area (Å²) in [5.74, 6) is 1.11. The molecule has 3 nitrogen and oxygen atoms in total. The minimum atomic E-state index is 0. The van der Waals surface area contributed by atoms with Gasteiger partial charge in [-0.25, -0.2) is 0 Å². The standard InChI is InChI=1S/C29H40N2O.2ClH/c1-29(2,3)27-10-6-22(7-11-27)20-31-17-14-24(5-4-18-32)28(21-31)26-9-8-23-12-15-30-16-13-25(23)19-26;;/h6-11,18-19,24,28,30H,4-5,12-17,20-21H2,1-3H3;2*1H. The van der Waals surface area contributed by atoms with Crippen LogP contribution in [0.4, 0.5) is 0 Å². The first-order valence-corrected chi connectivity index (χ1v) is 12.5. The predicted molar refractivity (Wildman–Crippen MR) is 148 cm³/mol. The molecule has 0 aliphatic carbocycles. The molecule has 2 heterocycles. The van der Waals surface area contributed by atoms with E-state index in [0.717, 1.165) is 58.3 Å². The van der Waals surface area contributed by atoms with Crippen molar-refractivity contribution in [3.63, 3.8) is 0 Å². The van der Waals surface area contributed by atoms with Gasteiger partial charge in [0.15, 0.2) is 0 Å². The third kappa shape index (κ3) is 7.31. The number of likely N-dealkylation sites (tertiary alicyclic amines) is 1. The Balaban J connectivity index is 0.00000204. The van der Waals surface area contributed by atoms with Gasteiger partial charge in [0.05, 0.1) is 0 Å². The van der Waals surface area contributed by atoms with Gasteiger partial charge in [-0.05, 0) is 90.4 Å². The molecule has 1 fully saturated rings. The van der Waals surface area contributed by atoms with E-state index in [1.807, 2.05) is 0 Å². The first-order chi connectivity index (χ1) is 15.4. The fourth-order valence-corrected chi connectivity index (χ4v) is 5.51. The first-order valence-electron chi connectivity index (χ1n) is 12.5. The maximum atomic E-state index is 11.1. The minimum absolute atomic E-state index is 0. The summed E-state index contributed by atoms with van der Waals surface area (Å²) >= 11 is 0. The van der Waals surface area contributed by atoms with E-state index in [0.29, 0.717) is 18.3 Å². The number of piperidine rings is 1. The number of hydrogen-bond acceptors (Lipinski definition) is 3. The average Bonchev–Trinajstić information content (AvgIpc) is 3.03. The predicted octanol–water partition coefficient (Wildman–Crippen LogP) is 6.10. The van der Waals surface area contributed by atoms with Crippen molar-refractivity contribution in [1.29, 1.82) is 0 Å². The highest BCUT2D eigenvalue weighted by atomic mass is 35.5. The molecule has 188 valence electrons. The third-order valence-corrected chi connectivity index (χ3v) is 7.52. The van der Waals surface area contributed by atoms with Gasteiger partial charge in [0, 0.05) is 19.5 Å². The average molecular weight is 506 g/mol. The zero-order chi connectivity index (χ0) is 22.6. The van der Waals surface area contributed by atoms with Crippen molar-refractivity contribution in [3.8, 4) is 0 Å². The molecule has 4 rings (SSSR count). The first kappa shape index (κ1) is 28.8. The van der Waals surface area contributed by atoms with Crippen molar-refractivity contribution in [2.24, 2.45) is 5.92 Å². The van der Waals surface area contributed by atoms with Gasteiger partial charge in [-0.3, -0.25) is 4.90 Å². The number of benzene rings is 2. The zero-order valence-corrected chi connectivity index (χ0v) is 22.6. The molecular weight excluding hydrogens is 463 g/mol. The monoisotopic (exact) mass is 504 g/mol. The zero-order valence-electron chi connectivity index (χ0n) is 21.0. The van der Waals surface area contributed by atoms with Crippen LogP contribution in [-0.4, -0.2) is 37.4 Å². The van der Waals surface area contributed by atoms with Crippen LogP contribution in [0.25, 0.3) is 0 Å². The summed E-state index contributed by atoms with van der Waals surface area (Å²) in [7, 11) is 0. The number of fused-ring (bicyclic) bond motifs is 1. The van der Waals surface area contributed by atoms with Crippen LogP contribution in [0.15, 0.2) is 42.5 Å². The number of carbonyl (C=O) groups excluding carboxylic acids is 1. The van der Waals surface area contributed by atoms with Crippen LogP contribution in [0.2, 0.25) is 0 Å². The van der Waals surface area contributed by atoms with E-state index < -0.39 is 0 Å². The van der Waals surface area contributed by atoms with Crippen molar-refractivity contribution < 1.29 is 4.79 Å². The van der Waals surface area contributed by atoms with Gasteiger partial charge in [-0.2, -0.15) is 0 Å². The molecule has 2 aromatic rings. The van der Waals surface area contributed by atoms with Crippen molar-refractivity contribution in [2.45, 2.75) is 70.8 Å². The Morgan fingerprint density at radius 2 is 1.71 bits per heavy atom. The number of rotatable bonds is 6. The summed E-state index contributed by atoms with van der Waals surface area (Å²) in [5.41, 5.74) is 7.50. The fraction of sp³-hybridized carbons (Fsp3) is 0.552. The van der Waals surface area contributed by atoms with Crippen molar-refractivity contribution in [3.05, 3.63) is 70.3 Å². The summed E-state index contributed by atoms with van der Waals surface area (Å²) in [6.07, 6.45) is 6.23. The van der Waals surface area contributed by atoms with Crippen LogP contribution in [-0.2, 0) is 29.6 Å². The van der Waals surface area contributed by atoms with Gasteiger partial charge in [0.2, 0.25) is 0 Å². The molecule has 2 aromatic carbocycles. The van der Waals surface area contributed by atoms with Crippen LogP contribution in [0.3, 0.4) is 0 Å². The van der Waals surface area contributed by atoms with Crippen LogP contribution in [0.5, 0.6) is 0 Å². The van der Waals surface area contributed by atoms with Crippen LogP contribution in [0.1, 0.15) is 73.8 Å². The number of nitrogens with one attached hydrogen (secondary N) is 1. The van der Waals surface area contributed by atoms with E-state index in [2.05, 4.69) is 73.5 Å². The number of aldehydes is 1. The number of hydrogen-bond donors (Lipinski definition) is 1. The molecule has 0 bridgehead atoms. The molecule has 0 spiro atoms. The summed E-state index contributed by atoms with van der Waals surface area (Å²) in [4.78, 5) is 13.7.